The Hall–Kier alpha value is -1.92. The van der Waals surface area contributed by atoms with Crippen LogP contribution in [0.4, 0.5) is 5.69 Å². The Balaban J connectivity index is 2.36. The number of nitrogens with zero attached hydrogens (tertiary/aromatic N) is 1. The van der Waals surface area contributed by atoms with Crippen molar-refractivity contribution in [2.45, 2.75) is 18.4 Å². The summed E-state index contributed by atoms with van der Waals surface area (Å²) in [6.07, 6.45) is 2.78. The van der Waals surface area contributed by atoms with Gasteiger partial charge in [0, 0.05) is 18.0 Å². The summed E-state index contributed by atoms with van der Waals surface area (Å²) in [5.74, 6) is 0. The lowest BCUT2D eigenvalue weighted by molar-refractivity contribution is 0.282. The molecule has 6 heteroatoms. The van der Waals surface area contributed by atoms with Crippen molar-refractivity contribution in [1.29, 1.82) is 0 Å². The second-order valence-corrected chi connectivity index (χ2v) is 5.80. The van der Waals surface area contributed by atoms with E-state index < -0.39 is 10.0 Å². The number of hydrogen-bond acceptors (Lipinski definition) is 4. The molecular formula is C13H14N2O3S. The van der Waals surface area contributed by atoms with Crippen LogP contribution in [0.2, 0.25) is 0 Å². The molecule has 0 spiro atoms. The lowest BCUT2D eigenvalue weighted by atomic mass is 10.1. The Labute approximate surface area is 112 Å². The van der Waals surface area contributed by atoms with Crippen LogP contribution < -0.4 is 4.72 Å². The van der Waals surface area contributed by atoms with Crippen molar-refractivity contribution in [2.75, 3.05) is 4.72 Å². The standard InChI is InChI=1S/C13H14N2O3S/c1-10-4-5-13(11(7-10)9-16)15-19(17,18)12-3-2-6-14-8-12/h2-8,15-16H,9H2,1H3. The van der Waals surface area contributed by atoms with Gasteiger partial charge in [0.2, 0.25) is 0 Å². The zero-order valence-corrected chi connectivity index (χ0v) is 11.2. The summed E-state index contributed by atoms with van der Waals surface area (Å²) < 4.78 is 26.7. The van der Waals surface area contributed by atoms with E-state index in [2.05, 4.69) is 9.71 Å². The predicted octanol–water partition coefficient (Wildman–Crippen LogP) is 1.68. The van der Waals surface area contributed by atoms with Gasteiger partial charge in [-0.25, -0.2) is 8.42 Å². The van der Waals surface area contributed by atoms with Gasteiger partial charge < -0.3 is 5.11 Å². The van der Waals surface area contributed by atoms with Crippen molar-refractivity contribution in [2.24, 2.45) is 0 Å². The van der Waals surface area contributed by atoms with Crippen LogP contribution in [0, 0.1) is 6.92 Å². The third kappa shape index (κ3) is 3.10. The molecule has 1 aromatic heterocycles. The van der Waals surface area contributed by atoms with Crippen LogP contribution in [0.15, 0.2) is 47.6 Å². The first-order chi connectivity index (χ1) is 9.03. The highest BCUT2D eigenvalue weighted by Crippen LogP contribution is 2.21. The predicted molar refractivity (Wildman–Crippen MR) is 72.1 cm³/mol. The van der Waals surface area contributed by atoms with Crippen LogP contribution in [-0.4, -0.2) is 18.5 Å². The Morgan fingerprint density at radius 1 is 1.32 bits per heavy atom. The van der Waals surface area contributed by atoms with Gasteiger partial charge in [-0.05, 0) is 25.1 Å². The quantitative estimate of drug-likeness (QED) is 0.892. The van der Waals surface area contributed by atoms with Crippen molar-refractivity contribution < 1.29 is 13.5 Å². The number of sulfonamides is 1. The molecule has 0 saturated heterocycles. The SMILES string of the molecule is Cc1ccc(NS(=O)(=O)c2cccnc2)c(CO)c1. The first kappa shape index (κ1) is 13.5. The van der Waals surface area contributed by atoms with Crippen molar-refractivity contribution in [3.8, 4) is 0 Å². The van der Waals surface area contributed by atoms with Gasteiger partial charge >= 0.3 is 0 Å². The molecule has 0 aliphatic heterocycles. The fourth-order valence-corrected chi connectivity index (χ4v) is 2.73. The minimum absolute atomic E-state index is 0.0828. The molecule has 0 fully saturated rings. The Kier molecular flexibility index (Phi) is 3.82. The number of anilines is 1. The molecule has 2 rings (SSSR count). The minimum atomic E-state index is -3.68. The molecule has 0 aliphatic rings. The van der Waals surface area contributed by atoms with Crippen LogP contribution in [-0.2, 0) is 16.6 Å². The lowest BCUT2D eigenvalue weighted by Gasteiger charge is -2.11. The third-order valence-electron chi connectivity index (χ3n) is 2.62. The third-order valence-corrected chi connectivity index (χ3v) is 3.97. The van der Waals surface area contributed by atoms with Gasteiger partial charge in [-0.15, -0.1) is 0 Å². The van der Waals surface area contributed by atoms with Gasteiger partial charge in [0.25, 0.3) is 10.0 Å². The number of hydrogen-bond donors (Lipinski definition) is 2. The van der Waals surface area contributed by atoms with Gasteiger partial charge in [0.1, 0.15) is 4.90 Å². The van der Waals surface area contributed by atoms with Crippen LogP contribution in [0.5, 0.6) is 0 Å². The molecular weight excluding hydrogens is 264 g/mol. The second kappa shape index (κ2) is 5.38. The van der Waals surface area contributed by atoms with Gasteiger partial charge in [0.15, 0.2) is 0 Å². The fraction of sp³-hybridized carbons (Fsp3) is 0.154. The molecule has 0 atom stereocenters. The number of nitrogens with one attached hydrogen (secondary N) is 1. The molecule has 100 valence electrons. The summed E-state index contributed by atoms with van der Waals surface area (Å²) in [6.45, 7) is 1.64. The molecule has 0 unspecified atom stereocenters. The summed E-state index contributed by atoms with van der Waals surface area (Å²) in [7, 11) is -3.68. The van der Waals surface area contributed by atoms with Crippen molar-refractivity contribution in [1.82, 2.24) is 4.98 Å². The molecule has 0 amide bonds. The number of benzene rings is 1. The average Bonchev–Trinajstić information content (AvgIpc) is 2.41. The molecule has 1 heterocycles. The van der Waals surface area contributed by atoms with Gasteiger partial charge in [-0.3, -0.25) is 9.71 Å². The van der Waals surface area contributed by atoms with Crippen molar-refractivity contribution >= 4 is 15.7 Å². The van der Waals surface area contributed by atoms with E-state index in [1.807, 2.05) is 6.92 Å². The Morgan fingerprint density at radius 3 is 2.74 bits per heavy atom. The minimum Gasteiger partial charge on any atom is -0.392 e. The zero-order chi connectivity index (χ0) is 13.9. The number of aryl methyl sites for hydroxylation is 1. The maximum atomic E-state index is 12.1. The van der Waals surface area contributed by atoms with Crippen molar-refractivity contribution in [3.05, 3.63) is 53.9 Å². The largest absolute Gasteiger partial charge is 0.392 e. The monoisotopic (exact) mass is 278 g/mol. The number of pyridine rings is 1. The van der Waals surface area contributed by atoms with Crippen LogP contribution in [0.25, 0.3) is 0 Å². The molecule has 2 N–H and O–H groups in total. The highest BCUT2D eigenvalue weighted by atomic mass is 32.2. The van der Waals surface area contributed by atoms with E-state index in [1.165, 1.54) is 18.5 Å². The average molecular weight is 278 g/mol. The lowest BCUT2D eigenvalue weighted by Crippen LogP contribution is -2.14. The Morgan fingerprint density at radius 2 is 2.11 bits per heavy atom. The van der Waals surface area contributed by atoms with Crippen LogP contribution >= 0.6 is 0 Å². The smallest absolute Gasteiger partial charge is 0.263 e. The number of aliphatic hydroxyl groups excluding tert-OH is 1. The molecule has 1 aromatic carbocycles. The summed E-state index contributed by atoms with van der Waals surface area (Å²) in [6, 6.07) is 8.16. The van der Waals surface area contributed by atoms with E-state index in [-0.39, 0.29) is 11.5 Å². The van der Waals surface area contributed by atoms with E-state index in [0.717, 1.165) is 5.56 Å². The van der Waals surface area contributed by atoms with E-state index in [4.69, 9.17) is 0 Å². The van der Waals surface area contributed by atoms with Gasteiger partial charge in [-0.1, -0.05) is 17.7 Å². The number of aliphatic hydroxyl groups is 1. The zero-order valence-electron chi connectivity index (χ0n) is 10.4. The van der Waals surface area contributed by atoms with Crippen molar-refractivity contribution in [3.63, 3.8) is 0 Å². The first-order valence-corrected chi connectivity index (χ1v) is 7.14. The van der Waals surface area contributed by atoms with Crippen LogP contribution in [0.1, 0.15) is 11.1 Å². The highest BCUT2D eigenvalue weighted by molar-refractivity contribution is 7.92. The first-order valence-electron chi connectivity index (χ1n) is 5.66. The Bertz CT molecular complexity index is 670. The summed E-state index contributed by atoms with van der Waals surface area (Å²) in [5, 5.41) is 9.26. The fourth-order valence-electron chi connectivity index (χ4n) is 1.66. The highest BCUT2D eigenvalue weighted by Gasteiger charge is 2.15. The summed E-state index contributed by atoms with van der Waals surface area (Å²) in [4.78, 5) is 3.86. The maximum absolute atomic E-state index is 12.1. The topological polar surface area (TPSA) is 79.3 Å². The van der Waals surface area contributed by atoms with Gasteiger partial charge in [-0.2, -0.15) is 0 Å². The molecule has 2 aromatic rings. The van der Waals surface area contributed by atoms with Crippen LogP contribution in [0.3, 0.4) is 0 Å². The summed E-state index contributed by atoms with van der Waals surface area (Å²) in [5.41, 5.74) is 1.86. The molecule has 0 saturated carbocycles. The normalized spacial score (nSPS) is 11.3. The molecule has 5 nitrogen and oxygen atoms in total. The van der Waals surface area contributed by atoms with E-state index in [0.29, 0.717) is 11.3 Å². The maximum Gasteiger partial charge on any atom is 0.263 e. The number of rotatable bonds is 4. The molecule has 0 bridgehead atoms. The second-order valence-electron chi connectivity index (χ2n) is 4.11. The van der Waals surface area contributed by atoms with E-state index >= 15 is 0 Å². The van der Waals surface area contributed by atoms with E-state index in [1.54, 1.807) is 24.3 Å². The number of aromatic nitrogens is 1. The molecule has 19 heavy (non-hydrogen) atoms. The van der Waals surface area contributed by atoms with Gasteiger partial charge in [0.05, 0.1) is 12.3 Å². The molecule has 0 aliphatic carbocycles. The summed E-state index contributed by atoms with van der Waals surface area (Å²) >= 11 is 0. The van der Waals surface area contributed by atoms with E-state index in [9.17, 15) is 13.5 Å². The molecule has 0 radical (unpaired) electrons.